The van der Waals surface area contributed by atoms with Crippen LogP contribution in [0, 0.1) is 5.92 Å². The average molecular weight is 300 g/mol. The molecule has 4 nitrogen and oxygen atoms in total. The highest BCUT2D eigenvalue weighted by Crippen LogP contribution is 2.06. The van der Waals surface area contributed by atoms with Crippen molar-refractivity contribution in [2.45, 2.75) is 26.3 Å². The molecule has 0 fully saturated rings. The minimum atomic E-state index is -0.534. The van der Waals surface area contributed by atoms with Crippen LogP contribution in [0.5, 0.6) is 0 Å². The first kappa shape index (κ1) is 17.7. The molecule has 4 heteroatoms. The quantitative estimate of drug-likeness (QED) is 0.572. The fourth-order valence-electron chi connectivity index (χ4n) is 1.95. The third kappa shape index (κ3) is 6.88. The molecular formula is C18H24N2O2. The van der Waals surface area contributed by atoms with Crippen molar-refractivity contribution in [2.75, 3.05) is 6.54 Å². The molecule has 22 heavy (non-hydrogen) atoms. The maximum Gasteiger partial charge on any atom is 0.244 e. The first-order valence-corrected chi connectivity index (χ1v) is 7.45. The summed E-state index contributed by atoms with van der Waals surface area (Å²) in [5, 5.41) is 5.48. The molecule has 0 saturated heterocycles. The van der Waals surface area contributed by atoms with Crippen LogP contribution in [0.2, 0.25) is 0 Å². The molecule has 0 aromatic heterocycles. The maximum atomic E-state index is 12.0. The van der Waals surface area contributed by atoms with E-state index in [-0.39, 0.29) is 11.8 Å². The number of hydrogen-bond donors (Lipinski definition) is 2. The van der Waals surface area contributed by atoms with Crippen molar-refractivity contribution in [2.24, 2.45) is 5.92 Å². The first-order valence-electron chi connectivity index (χ1n) is 7.45. The van der Waals surface area contributed by atoms with Crippen molar-refractivity contribution in [3.63, 3.8) is 0 Å². The lowest BCUT2D eigenvalue weighted by Gasteiger charge is -2.19. The molecule has 0 saturated carbocycles. The molecule has 0 radical (unpaired) electrons. The van der Waals surface area contributed by atoms with E-state index in [2.05, 4.69) is 17.2 Å². The largest absolute Gasteiger partial charge is 0.351 e. The van der Waals surface area contributed by atoms with Crippen LogP contribution in [-0.2, 0) is 9.59 Å². The van der Waals surface area contributed by atoms with Crippen LogP contribution >= 0.6 is 0 Å². The molecule has 0 spiro atoms. The van der Waals surface area contributed by atoms with Gasteiger partial charge in [-0.05, 0) is 24.0 Å². The Balaban J connectivity index is 2.63. The van der Waals surface area contributed by atoms with Crippen molar-refractivity contribution >= 4 is 17.9 Å². The van der Waals surface area contributed by atoms with Crippen LogP contribution < -0.4 is 10.6 Å². The first-order chi connectivity index (χ1) is 10.5. The molecule has 0 aliphatic carbocycles. The van der Waals surface area contributed by atoms with Gasteiger partial charge < -0.3 is 10.6 Å². The summed E-state index contributed by atoms with van der Waals surface area (Å²) in [5.74, 6) is -0.156. The summed E-state index contributed by atoms with van der Waals surface area (Å²) >= 11 is 0. The zero-order chi connectivity index (χ0) is 16.4. The molecular weight excluding hydrogens is 276 g/mol. The monoisotopic (exact) mass is 300 g/mol. The Kier molecular flexibility index (Phi) is 7.68. The predicted molar refractivity (Wildman–Crippen MR) is 90.1 cm³/mol. The Labute approximate surface area is 132 Å². The molecule has 1 atom stereocenters. The molecule has 0 bridgehead atoms. The van der Waals surface area contributed by atoms with Gasteiger partial charge in [-0.15, -0.1) is 6.58 Å². The van der Waals surface area contributed by atoms with Crippen LogP contribution in [0.4, 0.5) is 0 Å². The maximum absolute atomic E-state index is 12.0. The van der Waals surface area contributed by atoms with Gasteiger partial charge in [0.25, 0.3) is 0 Å². The third-order valence-electron chi connectivity index (χ3n) is 2.99. The zero-order valence-electron chi connectivity index (χ0n) is 13.2. The molecule has 2 N–H and O–H groups in total. The molecule has 0 heterocycles. The van der Waals surface area contributed by atoms with Gasteiger partial charge in [0.1, 0.15) is 6.04 Å². The Morgan fingerprint density at radius 2 is 1.91 bits per heavy atom. The molecule has 2 amide bonds. The van der Waals surface area contributed by atoms with Crippen molar-refractivity contribution in [3.8, 4) is 0 Å². The summed E-state index contributed by atoms with van der Waals surface area (Å²) in [4.78, 5) is 24.0. The lowest BCUT2D eigenvalue weighted by atomic mass is 10.0. The lowest BCUT2D eigenvalue weighted by Crippen LogP contribution is -2.47. The number of amides is 2. The predicted octanol–water partition coefficient (Wildman–Crippen LogP) is 2.53. The SMILES string of the molecule is C=CCNC(=O)[C@H](CC(C)C)NC(=O)/C=C/c1ccccc1. The molecule has 0 aliphatic rings. The highest BCUT2D eigenvalue weighted by Gasteiger charge is 2.20. The summed E-state index contributed by atoms with van der Waals surface area (Å²) in [6.07, 6.45) is 5.38. The molecule has 0 aliphatic heterocycles. The van der Waals surface area contributed by atoms with Gasteiger partial charge in [0.15, 0.2) is 0 Å². The minimum Gasteiger partial charge on any atom is -0.351 e. The van der Waals surface area contributed by atoms with Gasteiger partial charge in [-0.25, -0.2) is 0 Å². The highest BCUT2D eigenvalue weighted by molar-refractivity contribution is 5.95. The van der Waals surface area contributed by atoms with Gasteiger partial charge in [-0.1, -0.05) is 50.3 Å². The smallest absolute Gasteiger partial charge is 0.244 e. The van der Waals surface area contributed by atoms with Crippen LogP contribution in [-0.4, -0.2) is 24.4 Å². The standard InChI is InChI=1S/C18H24N2O2/c1-4-12-19-18(22)16(13-14(2)3)20-17(21)11-10-15-8-6-5-7-9-15/h4-11,14,16H,1,12-13H2,2-3H3,(H,19,22)(H,20,21)/b11-10+/t16-/m0/s1. The summed E-state index contributed by atoms with van der Waals surface area (Å²) in [6.45, 7) is 7.98. The molecule has 1 aromatic carbocycles. The molecule has 0 unspecified atom stereocenters. The molecule has 1 aromatic rings. The summed E-state index contributed by atoms with van der Waals surface area (Å²) < 4.78 is 0. The van der Waals surface area contributed by atoms with Crippen LogP contribution in [0.25, 0.3) is 6.08 Å². The van der Waals surface area contributed by atoms with Crippen LogP contribution in [0.1, 0.15) is 25.8 Å². The Morgan fingerprint density at radius 1 is 1.23 bits per heavy atom. The summed E-state index contributed by atoms with van der Waals surface area (Å²) in [6, 6.07) is 9.01. The van der Waals surface area contributed by atoms with Gasteiger partial charge >= 0.3 is 0 Å². The highest BCUT2D eigenvalue weighted by atomic mass is 16.2. The molecule has 1 rings (SSSR count). The van der Waals surface area contributed by atoms with Gasteiger partial charge in [0, 0.05) is 12.6 Å². The van der Waals surface area contributed by atoms with Crippen LogP contribution in [0.3, 0.4) is 0 Å². The second kappa shape index (κ2) is 9.55. The van der Waals surface area contributed by atoms with Crippen LogP contribution in [0.15, 0.2) is 49.1 Å². The van der Waals surface area contributed by atoms with E-state index in [0.29, 0.717) is 18.9 Å². The number of nitrogens with one attached hydrogen (secondary N) is 2. The second-order valence-corrected chi connectivity index (χ2v) is 5.47. The van der Waals surface area contributed by atoms with E-state index in [4.69, 9.17) is 0 Å². The molecule has 118 valence electrons. The van der Waals surface area contributed by atoms with Crippen molar-refractivity contribution < 1.29 is 9.59 Å². The number of hydrogen-bond acceptors (Lipinski definition) is 2. The topological polar surface area (TPSA) is 58.2 Å². The van der Waals surface area contributed by atoms with Crippen molar-refractivity contribution in [3.05, 3.63) is 54.6 Å². The minimum absolute atomic E-state index is 0.185. The van der Waals surface area contributed by atoms with E-state index in [1.165, 1.54) is 6.08 Å². The van der Waals surface area contributed by atoms with Gasteiger partial charge in [0.05, 0.1) is 0 Å². The van der Waals surface area contributed by atoms with E-state index >= 15 is 0 Å². The van der Waals surface area contributed by atoms with Crippen molar-refractivity contribution in [1.82, 2.24) is 10.6 Å². The third-order valence-corrected chi connectivity index (χ3v) is 2.99. The van der Waals surface area contributed by atoms with E-state index in [0.717, 1.165) is 5.56 Å². The van der Waals surface area contributed by atoms with E-state index in [9.17, 15) is 9.59 Å². The summed E-state index contributed by atoms with van der Waals surface area (Å²) in [5.41, 5.74) is 0.939. The zero-order valence-corrected chi connectivity index (χ0v) is 13.2. The van der Waals surface area contributed by atoms with Gasteiger partial charge in [0.2, 0.25) is 11.8 Å². The van der Waals surface area contributed by atoms with E-state index < -0.39 is 6.04 Å². The fraction of sp³-hybridized carbons (Fsp3) is 0.333. The number of carbonyl (C=O) groups is 2. The number of benzene rings is 1. The Hall–Kier alpha value is -2.36. The normalized spacial score (nSPS) is 12.1. The average Bonchev–Trinajstić information content (AvgIpc) is 2.50. The second-order valence-electron chi connectivity index (χ2n) is 5.47. The van der Waals surface area contributed by atoms with Gasteiger partial charge in [-0.2, -0.15) is 0 Å². The number of carbonyl (C=O) groups excluding carboxylic acids is 2. The summed E-state index contributed by atoms with van der Waals surface area (Å²) in [7, 11) is 0. The Bertz CT molecular complexity index is 521. The number of rotatable bonds is 8. The van der Waals surface area contributed by atoms with E-state index in [1.54, 1.807) is 12.2 Å². The fourth-order valence-corrected chi connectivity index (χ4v) is 1.95. The lowest BCUT2D eigenvalue weighted by molar-refractivity contribution is -0.127. The van der Waals surface area contributed by atoms with E-state index in [1.807, 2.05) is 44.2 Å². The van der Waals surface area contributed by atoms with Crippen molar-refractivity contribution in [1.29, 1.82) is 0 Å². The Morgan fingerprint density at radius 3 is 2.50 bits per heavy atom. The van der Waals surface area contributed by atoms with Gasteiger partial charge in [-0.3, -0.25) is 9.59 Å².